The van der Waals surface area contributed by atoms with E-state index in [1.165, 1.54) is 0 Å². The van der Waals surface area contributed by atoms with Crippen molar-refractivity contribution in [3.8, 4) is 0 Å². The van der Waals surface area contributed by atoms with Crippen LogP contribution in [0.3, 0.4) is 0 Å². The minimum Gasteiger partial charge on any atom is -0.353 e. The zero-order valence-corrected chi connectivity index (χ0v) is 12.9. The zero-order valence-electron chi connectivity index (χ0n) is 12.9. The average molecular weight is 301 g/mol. The van der Waals surface area contributed by atoms with Crippen LogP contribution in [0, 0.1) is 0 Å². The normalized spacial score (nSPS) is 50.9. The van der Waals surface area contributed by atoms with Crippen LogP contribution in [0.2, 0.25) is 0 Å². The molecule has 21 heavy (non-hydrogen) atoms. The SMILES string of the molecule is CC1(C)OC[C@H]([C@H]2O[C@@H]3OC(C)(C)O[C@@H]3[C@]23NCCO3)O1. The summed E-state index contributed by atoms with van der Waals surface area (Å²) in [6.45, 7) is 9.39. The van der Waals surface area contributed by atoms with Gasteiger partial charge in [0.2, 0.25) is 0 Å². The van der Waals surface area contributed by atoms with Crippen molar-refractivity contribution in [1.82, 2.24) is 5.32 Å². The molecule has 4 saturated heterocycles. The minimum absolute atomic E-state index is 0.216. The van der Waals surface area contributed by atoms with Crippen LogP contribution in [0.15, 0.2) is 0 Å². The molecule has 0 bridgehead atoms. The minimum atomic E-state index is -0.729. The summed E-state index contributed by atoms with van der Waals surface area (Å²) in [4.78, 5) is 0. The molecule has 0 unspecified atom stereocenters. The highest BCUT2D eigenvalue weighted by Crippen LogP contribution is 2.47. The monoisotopic (exact) mass is 301 g/mol. The third kappa shape index (κ3) is 2.15. The number of ether oxygens (including phenoxy) is 6. The van der Waals surface area contributed by atoms with Crippen LogP contribution in [0.4, 0.5) is 0 Å². The van der Waals surface area contributed by atoms with E-state index in [1.54, 1.807) is 0 Å². The Bertz CT molecular complexity index is 433. The molecular formula is C14H23NO6. The van der Waals surface area contributed by atoms with Gasteiger partial charge < -0.3 is 28.4 Å². The summed E-state index contributed by atoms with van der Waals surface area (Å²) in [5.74, 6) is -1.28. The molecule has 4 aliphatic heterocycles. The Morgan fingerprint density at radius 3 is 2.33 bits per heavy atom. The molecule has 1 N–H and O–H groups in total. The molecular weight excluding hydrogens is 278 g/mol. The fourth-order valence-electron chi connectivity index (χ4n) is 3.64. The van der Waals surface area contributed by atoms with E-state index in [1.807, 2.05) is 27.7 Å². The highest BCUT2D eigenvalue weighted by atomic mass is 16.9. The van der Waals surface area contributed by atoms with Gasteiger partial charge in [-0.15, -0.1) is 0 Å². The van der Waals surface area contributed by atoms with Crippen LogP contribution in [0.25, 0.3) is 0 Å². The molecule has 0 aromatic rings. The molecule has 120 valence electrons. The first-order chi connectivity index (χ1) is 9.81. The molecule has 1 spiro atoms. The van der Waals surface area contributed by atoms with Crippen molar-refractivity contribution < 1.29 is 28.4 Å². The van der Waals surface area contributed by atoms with Gasteiger partial charge in [0, 0.05) is 6.54 Å². The molecule has 4 aliphatic rings. The number of nitrogens with one attached hydrogen (secondary N) is 1. The Kier molecular flexibility index (Phi) is 2.99. The second kappa shape index (κ2) is 4.38. The van der Waals surface area contributed by atoms with E-state index >= 15 is 0 Å². The van der Waals surface area contributed by atoms with Crippen molar-refractivity contribution in [1.29, 1.82) is 0 Å². The summed E-state index contributed by atoms with van der Waals surface area (Å²) in [7, 11) is 0. The first kappa shape index (κ1) is 14.3. The third-order valence-corrected chi connectivity index (χ3v) is 4.40. The second-order valence-electron chi connectivity index (χ2n) is 6.92. The highest BCUT2D eigenvalue weighted by Gasteiger charge is 2.68. The molecule has 4 rings (SSSR count). The predicted molar refractivity (Wildman–Crippen MR) is 70.3 cm³/mol. The van der Waals surface area contributed by atoms with E-state index in [9.17, 15) is 0 Å². The van der Waals surface area contributed by atoms with Crippen molar-refractivity contribution in [2.45, 2.75) is 69.6 Å². The van der Waals surface area contributed by atoms with Crippen LogP contribution in [0.1, 0.15) is 27.7 Å². The van der Waals surface area contributed by atoms with E-state index in [0.717, 1.165) is 6.54 Å². The van der Waals surface area contributed by atoms with E-state index in [4.69, 9.17) is 28.4 Å². The molecule has 0 amide bonds. The Morgan fingerprint density at radius 1 is 0.905 bits per heavy atom. The molecule has 0 aromatic carbocycles. The predicted octanol–water partition coefficient (Wildman–Crippen LogP) is 0.330. The Hall–Kier alpha value is -0.280. The van der Waals surface area contributed by atoms with Gasteiger partial charge in [0.25, 0.3) is 0 Å². The fourth-order valence-corrected chi connectivity index (χ4v) is 3.64. The molecule has 7 nitrogen and oxygen atoms in total. The van der Waals surface area contributed by atoms with E-state index < -0.39 is 23.6 Å². The maximum Gasteiger partial charge on any atom is 0.192 e. The molecule has 4 heterocycles. The van der Waals surface area contributed by atoms with Gasteiger partial charge in [-0.3, -0.25) is 5.32 Å². The molecule has 0 radical (unpaired) electrons. The standard InChI is InChI=1S/C14H23NO6/c1-12(2)17-7-8(19-12)9-14(15-5-6-16-14)10-11(18-9)21-13(3,4)20-10/h8-11,15H,5-7H2,1-4H3/t8-,9-,10+,11-,14+/m1/s1. The Balaban J connectivity index is 1.61. The van der Waals surface area contributed by atoms with Gasteiger partial charge >= 0.3 is 0 Å². The van der Waals surface area contributed by atoms with Crippen molar-refractivity contribution in [3.05, 3.63) is 0 Å². The topological polar surface area (TPSA) is 67.4 Å². The highest BCUT2D eigenvalue weighted by molar-refractivity contribution is 5.09. The van der Waals surface area contributed by atoms with Crippen LogP contribution in [-0.2, 0) is 28.4 Å². The molecule has 0 saturated carbocycles. The van der Waals surface area contributed by atoms with Crippen molar-refractivity contribution in [2.75, 3.05) is 19.8 Å². The average Bonchev–Trinajstić information content (AvgIpc) is 3.08. The van der Waals surface area contributed by atoms with Gasteiger partial charge in [-0.05, 0) is 27.7 Å². The first-order valence-electron chi connectivity index (χ1n) is 7.53. The molecule has 4 fully saturated rings. The van der Waals surface area contributed by atoms with E-state index in [2.05, 4.69) is 5.32 Å². The summed E-state index contributed by atoms with van der Waals surface area (Å²) < 4.78 is 35.6. The van der Waals surface area contributed by atoms with Gasteiger partial charge in [-0.1, -0.05) is 0 Å². The quantitative estimate of drug-likeness (QED) is 0.748. The van der Waals surface area contributed by atoms with Crippen molar-refractivity contribution in [3.63, 3.8) is 0 Å². The van der Waals surface area contributed by atoms with Crippen LogP contribution >= 0.6 is 0 Å². The van der Waals surface area contributed by atoms with Gasteiger partial charge in [0.05, 0.1) is 13.2 Å². The summed E-state index contributed by atoms with van der Waals surface area (Å²) in [6.07, 6.45) is -1.31. The number of fused-ring (bicyclic) bond motifs is 2. The first-order valence-corrected chi connectivity index (χ1v) is 7.53. The summed E-state index contributed by atoms with van der Waals surface area (Å²) in [5, 5.41) is 3.41. The van der Waals surface area contributed by atoms with E-state index in [-0.39, 0.29) is 18.3 Å². The lowest BCUT2D eigenvalue weighted by molar-refractivity contribution is -0.252. The second-order valence-corrected chi connectivity index (χ2v) is 6.92. The summed E-state index contributed by atoms with van der Waals surface area (Å²) in [5.41, 5.74) is -0.729. The Morgan fingerprint density at radius 2 is 1.71 bits per heavy atom. The fraction of sp³-hybridized carbons (Fsp3) is 1.00. The van der Waals surface area contributed by atoms with Crippen molar-refractivity contribution >= 4 is 0 Å². The number of rotatable bonds is 1. The summed E-state index contributed by atoms with van der Waals surface area (Å²) in [6, 6.07) is 0. The number of hydrogen-bond donors (Lipinski definition) is 1. The lowest BCUT2D eigenvalue weighted by Gasteiger charge is -2.36. The lowest BCUT2D eigenvalue weighted by atomic mass is 9.98. The molecule has 0 aromatic heterocycles. The summed E-state index contributed by atoms with van der Waals surface area (Å²) >= 11 is 0. The Labute approximate surface area is 124 Å². The van der Waals surface area contributed by atoms with Gasteiger partial charge in [0.1, 0.15) is 12.2 Å². The largest absolute Gasteiger partial charge is 0.353 e. The molecule has 0 aliphatic carbocycles. The maximum atomic E-state index is 6.10. The lowest BCUT2D eigenvalue weighted by Crippen LogP contribution is -2.61. The zero-order chi connectivity index (χ0) is 14.9. The van der Waals surface area contributed by atoms with E-state index in [0.29, 0.717) is 13.2 Å². The molecule has 5 atom stereocenters. The van der Waals surface area contributed by atoms with Crippen LogP contribution in [-0.4, -0.2) is 61.7 Å². The van der Waals surface area contributed by atoms with Crippen molar-refractivity contribution in [2.24, 2.45) is 0 Å². The van der Waals surface area contributed by atoms with Gasteiger partial charge in [-0.2, -0.15) is 0 Å². The van der Waals surface area contributed by atoms with Gasteiger partial charge in [-0.25, -0.2) is 0 Å². The third-order valence-electron chi connectivity index (χ3n) is 4.40. The molecule has 7 heteroatoms. The number of hydrogen-bond acceptors (Lipinski definition) is 7. The smallest absolute Gasteiger partial charge is 0.192 e. The van der Waals surface area contributed by atoms with Gasteiger partial charge in [0.15, 0.2) is 29.7 Å². The van der Waals surface area contributed by atoms with Crippen LogP contribution in [0.5, 0.6) is 0 Å². The maximum absolute atomic E-state index is 6.10. The van der Waals surface area contributed by atoms with Crippen LogP contribution < -0.4 is 5.32 Å².